The van der Waals surface area contributed by atoms with E-state index in [9.17, 15) is 4.79 Å². The predicted octanol–water partition coefficient (Wildman–Crippen LogP) is 3.89. The van der Waals surface area contributed by atoms with Crippen molar-refractivity contribution in [3.05, 3.63) is 36.4 Å². The Labute approximate surface area is 173 Å². The lowest BCUT2D eigenvalue weighted by Crippen LogP contribution is -2.44. The van der Waals surface area contributed by atoms with Gasteiger partial charge in [0.2, 0.25) is 11.9 Å². The van der Waals surface area contributed by atoms with E-state index in [-0.39, 0.29) is 17.2 Å². The average Bonchev–Trinajstić information content (AvgIpc) is 3.28. The van der Waals surface area contributed by atoms with E-state index in [0.29, 0.717) is 0 Å². The molecule has 0 aromatic carbocycles. The average molecular weight is 394 g/mol. The van der Waals surface area contributed by atoms with Gasteiger partial charge in [0.05, 0.1) is 5.69 Å². The molecule has 1 amide bonds. The zero-order valence-corrected chi connectivity index (χ0v) is 17.8. The first-order valence-electron chi connectivity index (χ1n) is 10.7. The van der Waals surface area contributed by atoms with Crippen LogP contribution in [0.1, 0.15) is 58.1 Å². The van der Waals surface area contributed by atoms with Crippen LogP contribution in [0, 0.1) is 5.41 Å². The van der Waals surface area contributed by atoms with Gasteiger partial charge in [-0.1, -0.05) is 20.8 Å². The summed E-state index contributed by atoms with van der Waals surface area (Å²) in [4.78, 5) is 31.1. The van der Waals surface area contributed by atoms with Crippen LogP contribution in [0.15, 0.2) is 30.7 Å². The molecule has 2 aromatic heterocycles. The zero-order valence-electron chi connectivity index (χ0n) is 17.8. The molecular formula is C23H31N5O. The highest BCUT2D eigenvalue weighted by Crippen LogP contribution is 2.35. The summed E-state index contributed by atoms with van der Waals surface area (Å²) >= 11 is 0. The molecule has 2 aromatic rings. The van der Waals surface area contributed by atoms with Crippen molar-refractivity contribution in [1.82, 2.24) is 19.9 Å². The second-order valence-electron chi connectivity index (χ2n) is 9.24. The summed E-state index contributed by atoms with van der Waals surface area (Å²) < 4.78 is 0. The minimum Gasteiger partial charge on any atom is -0.342 e. The molecule has 1 atom stereocenters. The molecular weight excluding hydrogens is 362 g/mol. The summed E-state index contributed by atoms with van der Waals surface area (Å²) in [5.41, 5.74) is 2.86. The first kappa shape index (κ1) is 19.8. The summed E-state index contributed by atoms with van der Waals surface area (Å²) in [6, 6.07) is 4.03. The van der Waals surface area contributed by atoms with Crippen LogP contribution < -0.4 is 4.90 Å². The zero-order chi connectivity index (χ0) is 20.4. The number of anilines is 1. The van der Waals surface area contributed by atoms with Gasteiger partial charge in [0, 0.05) is 61.7 Å². The smallest absolute Gasteiger partial charge is 0.227 e. The van der Waals surface area contributed by atoms with Crippen molar-refractivity contribution in [1.29, 1.82) is 0 Å². The van der Waals surface area contributed by atoms with Crippen LogP contribution in [0.5, 0.6) is 0 Å². The van der Waals surface area contributed by atoms with Gasteiger partial charge >= 0.3 is 0 Å². The van der Waals surface area contributed by atoms with E-state index in [4.69, 9.17) is 9.97 Å². The first-order valence-corrected chi connectivity index (χ1v) is 10.7. The van der Waals surface area contributed by atoms with Crippen LogP contribution in [0.4, 0.5) is 5.95 Å². The highest BCUT2D eigenvalue weighted by atomic mass is 16.2. The third kappa shape index (κ3) is 4.26. The van der Waals surface area contributed by atoms with E-state index >= 15 is 0 Å². The van der Waals surface area contributed by atoms with Gasteiger partial charge in [0.25, 0.3) is 0 Å². The first-order chi connectivity index (χ1) is 13.9. The largest absolute Gasteiger partial charge is 0.342 e. The molecule has 154 valence electrons. The predicted molar refractivity (Wildman–Crippen MR) is 115 cm³/mol. The highest BCUT2D eigenvalue weighted by molar-refractivity contribution is 5.81. The molecule has 4 heterocycles. The van der Waals surface area contributed by atoms with Gasteiger partial charge in [0.15, 0.2) is 0 Å². The third-order valence-electron chi connectivity index (χ3n) is 5.92. The summed E-state index contributed by atoms with van der Waals surface area (Å²) in [7, 11) is 0. The maximum absolute atomic E-state index is 12.9. The Morgan fingerprint density at radius 1 is 1.07 bits per heavy atom. The molecule has 0 unspecified atom stereocenters. The monoisotopic (exact) mass is 393 g/mol. The van der Waals surface area contributed by atoms with Crippen molar-refractivity contribution in [2.45, 2.75) is 52.4 Å². The Morgan fingerprint density at radius 2 is 1.79 bits per heavy atom. The molecule has 2 saturated heterocycles. The van der Waals surface area contributed by atoms with Gasteiger partial charge in [0.1, 0.15) is 0 Å². The van der Waals surface area contributed by atoms with Crippen LogP contribution in [-0.2, 0) is 4.79 Å². The maximum Gasteiger partial charge on any atom is 0.227 e. The summed E-state index contributed by atoms with van der Waals surface area (Å²) in [5, 5.41) is 0. The molecule has 0 saturated carbocycles. The number of likely N-dealkylation sites (tertiary alicyclic amines) is 1. The SMILES string of the molecule is CC(C)(C)C(=O)N1CCC[C@@H](c2nc(N3CCCC3)ncc2-c2ccncc2)C1. The number of aromatic nitrogens is 3. The van der Waals surface area contributed by atoms with Gasteiger partial charge in [-0.3, -0.25) is 9.78 Å². The molecule has 4 rings (SSSR count). The van der Waals surface area contributed by atoms with Crippen LogP contribution in [0.25, 0.3) is 11.1 Å². The Hall–Kier alpha value is -2.50. The number of hydrogen-bond donors (Lipinski definition) is 0. The fraction of sp³-hybridized carbons (Fsp3) is 0.565. The van der Waals surface area contributed by atoms with Gasteiger partial charge in [-0.05, 0) is 43.4 Å². The van der Waals surface area contributed by atoms with Crippen LogP contribution in [0.2, 0.25) is 0 Å². The quantitative estimate of drug-likeness (QED) is 0.792. The number of nitrogens with zero attached hydrogens (tertiary/aromatic N) is 5. The second-order valence-corrected chi connectivity index (χ2v) is 9.24. The van der Waals surface area contributed by atoms with E-state index in [0.717, 1.165) is 61.8 Å². The van der Waals surface area contributed by atoms with Crippen molar-refractivity contribution in [2.75, 3.05) is 31.1 Å². The van der Waals surface area contributed by atoms with Crippen LogP contribution in [-0.4, -0.2) is 51.9 Å². The van der Waals surface area contributed by atoms with Crippen LogP contribution in [0.3, 0.4) is 0 Å². The minimum absolute atomic E-state index is 0.224. The van der Waals surface area contributed by atoms with Crippen molar-refractivity contribution in [2.24, 2.45) is 5.41 Å². The van der Waals surface area contributed by atoms with Gasteiger partial charge in [-0.2, -0.15) is 0 Å². The molecule has 2 fully saturated rings. The number of piperidine rings is 1. The molecule has 0 bridgehead atoms. The molecule has 0 N–H and O–H groups in total. The second kappa shape index (κ2) is 8.09. The fourth-order valence-corrected chi connectivity index (χ4v) is 4.38. The van der Waals surface area contributed by atoms with Crippen LogP contribution >= 0.6 is 0 Å². The number of carbonyl (C=O) groups excluding carboxylic acids is 1. The van der Waals surface area contributed by atoms with E-state index in [2.05, 4.69) is 9.88 Å². The summed E-state index contributed by atoms with van der Waals surface area (Å²) in [6.45, 7) is 9.60. The maximum atomic E-state index is 12.9. The van der Waals surface area contributed by atoms with E-state index < -0.39 is 0 Å². The lowest BCUT2D eigenvalue weighted by Gasteiger charge is -2.37. The summed E-state index contributed by atoms with van der Waals surface area (Å²) in [5.74, 6) is 1.28. The topological polar surface area (TPSA) is 62.2 Å². The normalized spacial score (nSPS) is 20.2. The number of carbonyl (C=O) groups is 1. The Balaban J connectivity index is 1.69. The molecule has 6 heteroatoms. The van der Waals surface area contributed by atoms with Crippen molar-refractivity contribution in [3.63, 3.8) is 0 Å². The van der Waals surface area contributed by atoms with E-state index in [1.807, 2.05) is 56.4 Å². The lowest BCUT2D eigenvalue weighted by molar-refractivity contribution is -0.140. The Bertz CT molecular complexity index is 855. The molecule has 0 aliphatic carbocycles. The minimum atomic E-state index is -0.359. The van der Waals surface area contributed by atoms with E-state index in [1.165, 1.54) is 12.8 Å². The molecule has 0 radical (unpaired) electrons. The Kier molecular flexibility index (Phi) is 5.52. The van der Waals surface area contributed by atoms with Crippen molar-refractivity contribution < 1.29 is 4.79 Å². The molecule has 0 spiro atoms. The lowest BCUT2D eigenvalue weighted by atomic mass is 9.87. The number of amides is 1. The number of hydrogen-bond acceptors (Lipinski definition) is 5. The van der Waals surface area contributed by atoms with Gasteiger partial charge in [-0.15, -0.1) is 0 Å². The highest BCUT2D eigenvalue weighted by Gasteiger charge is 2.33. The fourth-order valence-electron chi connectivity index (χ4n) is 4.38. The molecule has 2 aliphatic heterocycles. The number of rotatable bonds is 3. The van der Waals surface area contributed by atoms with Gasteiger partial charge in [-0.25, -0.2) is 9.97 Å². The molecule has 6 nitrogen and oxygen atoms in total. The molecule has 29 heavy (non-hydrogen) atoms. The summed E-state index contributed by atoms with van der Waals surface area (Å²) in [6.07, 6.45) is 10.0. The standard InChI is InChI=1S/C23H31N5O/c1-23(2,3)21(29)28-14-6-7-18(16-28)20-19(17-8-10-24-11-9-17)15-25-22(26-20)27-12-4-5-13-27/h8-11,15,18H,4-7,12-14,16H2,1-3H3/t18-/m1/s1. The van der Waals surface area contributed by atoms with Crippen molar-refractivity contribution >= 4 is 11.9 Å². The molecule has 2 aliphatic rings. The third-order valence-corrected chi connectivity index (χ3v) is 5.92. The van der Waals surface area contributed by atoms with E-state index in [1.54, 1.807) is 0 Å². The van der Waals surface area contributed by atoms with Gasteiger partial charge < -0.3 is 9.80 Å². The van der Waals surface area contributed by atoms with Crippen molar-refractivity contribution in [3.8, 4) is 11.1 Å². The number of pyridine rings is 1. The Morgan fingerprint density at radius 3 is 2.48 bits per heavy atom.